The number of aryl methyl sites for hydroxylation is 2. The Morgan fingerprint density at radius 3 is 2.52 bits per heavy atom. The van der Waals surface area contributed by atoms with Crippen LogP contribution in [0.1, 0.15) is 24.0 Å². The number of nitrogens with zero attached hydrogens (tertiary/aromatic N) is 5. The van der Waals surface area contributed by atoms with Gasteiger partial charge in [-0.1, -0.05) is 6.07 Å². The smallest absolute Gasteiger partial charge is 0.227 e. The van der Waals surface area contributed by atoms with E-state index in [0.29, 0.717) is 0 Å². The van der Waals surface area contributed by atoms with Gasteiger partial charge in [-0.2, -0.15) is 4.98 Å². The van der Waals surface area contributed by atoms with Crippen molar-refractivity contribution < 1.29 is 0 Å². The summed E-state index contributed by atoms with van der Waals surface area (Å²) in [5.41, 5.74) is 3.28. The Bertz CT molecular complexity index is 694. The molecular formula is C19H28N6. The van der Waals surface area contributed by atoms with Crippen LogP contribution in [0.4, 0.5) is 11.8 Å². The van der Waals surface area contributed by atoms with Crippen molar-refractivity contribution in [3.05, 3.63) is 41.3 Å². The molecule has 0 radical (unpaired) electrons. The first-order valence-electron chi connectivity index (χ1n) is 9.13. The molecule has 0 aromatic carbocycles. The van der Waals surface area contributed by atoms with E-state index in [1.54, 1.807) is 0 Å². The predicted octanol–water partition coefficient (Wildman–Crippen LogP) is 2.28. The molecule has 1 N–H and O–H groups in total. The second-order valence-corrected chi connectivity index (χ2v) is 6.57. The van der Waals surface area contributed by atoms with Gasteiger partial charge in [-0.25, -0.2) is 4.98 Å². The second-order valence-electron chi connectivity index (χ2n) is 6.57. The summed E-state index contributed by atoms with van der Waals surface area (Å²) in [5.74, 6) is 1.76. The summed E-state index contributed by atoms with van der Waals surface area (Å²) < 4.78 is 0. The second kappa shape index (κ2) is 8.25. The highest BCUT2D eigenvalue weighted by molar-refractivity contribution is 5.43. The van der Waals surface area contributed by atoms with E-state index in [0.717, 1.165) is 68.8 Å². The van der Waals surface area contributed by atoms with Gasteiger partial charge in [-0.15, -0.1) is 0 Å². The molecule has 0 spiro atoms. The molecule has 25 heavy (non-hydrogen) atoms. The Kier molecular flexibility index (Phi) is 5.81. The zero-order chi connectivity index (χ0) is 17.6. The summed E-state index contributed by atoms with van der Waals surface area (Å²) in [6.45, 7) is 12.1. The van der Waals surface area contributed by atoms with Gasteiger partial charge in [0.1, 0.15) is 5.82 Å². The van der Waals surface area contributed by atoms with Crippen LogP contribution in [0.15, 0.2) is 24.3 Å². The number of pyridine rings is 1. The average Bonchev–Trinajstić information content (AvgIpc) is 2.60. The van der Waals surface area contributed by atoms with Crippen molar-refractivity contribution in [2.24, 2.45) is 0 Å². The van der Waals surface area contributed by atoms with Gasteiger partial charge in [-0.3, -0.25) is 9.88 Å². The minimum Gasteiger partial charge on any atom is -0.370 e. The fraction of sp³-hybridized carbons (Fsp3) is 0.526. The summed E-state index contributed by atoms with van der Waals surface area (Å²) in [6, 6.07) is 8.25. The van der Waals surface area contributed by atoms with Crippen LogP contribution in [0.3, 0.4) is 0 Å². The van der Waals surface area contributed by atoms with E-state index < -0.39 is 0 Å². The third-order valence-electron chi connectivity index (χ3n) is 4.49. The minimum absolute atomic E-state index is 0.843. The van der Waals surface area contributed by atoms with Crippen LogP contribution in [0, 0.1) is 13.8 Å². The van der Waals surface area contributed by atoms with E-state index in [1.165, 1.54) is 5.69 Å². The fourth-order valence-corrected chi connectivity index (χ4v) is 3.15. The Morgan fingerprint density at radius 2 is 1.80 bits per heavy atom. The maximum atomic E-state index is 4.65. The molecule has 1 aliphatic heterocycles. The Hall–Kier alpha value is -2.21. The Balaban J connectivity index is 1.53. The molecule has 0 bridgehead atoms. The van der Waals surface area contributed by atoms with Gasteiger partial charge >= 0.3 is 0 Å². The van der Waals surface area contributed by atoms with Crippen LogP contribution in [0.2, 0.25) is 0 Å². The Labute approximate surface area is 150 Å². The first-order valence-corrected chi connectivity index (χ1v) is 9.13. The summed E-state index contributed by atoms with van der Waals surface area (Å²) in [4.78, 5) is 18.6. The zero-order valence-corrected chi connectivity index (χ0v) is 15.5. The minimum atomic E-state index is 0.843. The van der Waals surface area contributed by atoms with Gasteiger partial charge in [0.05, 0.1) is 0 Å². The van der Waals surface area contributed by atoms with Crippen LogP contribution >= 0.6 is 0 Å². The zero-order valence-electron chi connectivity index (χ0n) is 15.5. The molecule has 6 heteroatoms. The quantitative estimate of drug-likeness (QED) is 0.871. The van der Waals surface area contributed by atoms with Crippen LogP contribution < -0.4 is 10.2 Å². The van der Waals surface area contributed by atoms with Gasteiger partial charge in [-0.05, 0) is 32.9 Å². The number of hydrogen-bond acceptors (Lipinski definition) is 6. The van der Waals surface area contributed by atoms with Crippen molar-refractivity contribution in [1.82, 2.24) is 19.9 Å². The third-order valence-corrected chi connectivity index (χ3v) is 4.49. The molecule has 134 valence electrons. The van der Waals surface area contributed by atoms with Crippen molar-refractivity contribution in [3.63, 3.8) is 0 Å². The number of anilines is 2. The van der Waals surface area contributed by atoms with Crippen molar-refractivity contribution in [1.29, 1.82) is 0 Å². The number of piperazine rings is 1. The number of aromatic nitrogens is 3. The summed E-state index contributed by atoms with van der Waals surface area (Å²) in [7, 11) is 0. The standard InChI is InChI=1S/C19H28N6/c1-4-20-18-14-16(3)22-19(23-18)25-12-10-24(11-13-25)9-8-17-7-5-6-15(2)21-17/h5-7,14H,4,8-13H2,1-3H3,(H,20,22,23). The number of hydrogen-bond donors (Lipinski definition) is 1. The molecule has 0 unspecified atom stereocenters. The molecule has 0 atom stereocenters. The topological polar surface area (TPSA) is 57.2 Å². The first-order chi connectivity index (χ1) is 12.1. The van der Waals surface area contributed by atoms with Gasteiger partial charge in [0.2, 0.25) is 5.95 Å². The van der Waals surface area contributed by atoms with Gasteiger partial charge < -0.3 is 10.2 Å². The monoisotopic (exact) mass is 340 g/mol. The molecule has 1 aliphatic rings. The predicted molar refractivity (Wildman–Crippen MR) is 102 cm³/mol. The Morgan fingerprint density at radius 1 is 1.00 bits per heavy atom. The van der Waals surface area contributed by atoms with E-state index in [9.17, 15) is 0 Å². The highest BCUT2D eigenvalue weighted by Crippen LogP contribution is 2.16. The van der Waals surface area contributed by atoms with Crippen LogP contribution in [-0.4, -0.2) is 59.1 Å². The number of nitrogens with one attached hydrogen (secondary N) is 1. The van der Waals surface area contributed by atoms with E-state index in [4.69, 9.17) is 0 Å². The fourth-order valence-electron chi connectivity index (χ4n) is 3.15. The van der Waals surface area contributed by atoms with Crippen molar-refractivity contribution >= 4 is 11.8 Å². The maximum absolute atomic E-state index is 4.65. The van der Waals surface area contributed by atoms with Crippen LogP contribution in [-0.2, 0) is 6.42 Å². The largest absolute Gasteiger partial charge is 0.370 e. The van der Waals surface area contributed by atoms with E-state index in [2.05, 4.69) is 49.1 Å². The highest BCUT2D eigenvalue weighted by atomic mass is 15.3. The molecule has 6 nitrogen and oxygen atoms in total. The van der Waals surface area contributed by atoms with Crippen molar-refractivity contribution in [2.45, 2.75) is 27.2 Å². The van der Waals surface area contributed by atoms with E-state index in [1.807, 2.05) is 26.0 Å². The molecular weight excluding hydrogens is 312 g/mol. The van der Waals surface area contributed by atoms with Crippen molar-refractivity contribution in [2.75, 3.05) is 49.5 Å². The molecule has 0 aliphatic carbocycles. The van der Waals surface area contributed by atoms with E-state index >= 15 is 0 Å². The van der Waals surface area contributed by atoms with Gasteiger partial charge in [0.25, 0.3) is 0 Å². The lowest BCUT2D eigenvalue weighted by molar-refractivity contribution is 0.259. The summed E-state index contributed by atoms with van der Waals surface area (Å²) in [6.07, 6.45) is 1.01. The maximum Gasteiger partial charge on any atom is 0.227 e. The summed E-state index contributed by atoms with van der Waals surface area (Å²) >= 11 is 0. The molecule has 0 saturated carbocycles. The SMILES string of the molecule is CCNc1cc(C)nc(N2CCN(CCc3cccc(C)n3)CC2)n1. The third kappa shape index (κ3) is 4.89. The van der Waals surface area contributed by atoms with Crippen molar-refractivity contribution in [3.8, 4) is 0 Å². The van der Waals surface area contributed by atoms with Gasteiger partial charge in [0.15, 0.2) is 0 Å². The van der Waals surface area contributed by atoms with Crippen LogP contribution in [0.25, 0.3) is 0 Å². The normalized spacial score (nSPS) is 15.4. The number of rotatable bonds is 6. The highest BCUT2D eigenvalue weighted by Gasteiger charge is 2.19. The first kappa shape index (κ1) is 17.6. The lowest BCUT2D eigenvalue weighted by Crippen LogP contribution is -2.47. The molecule has 2 aromatic heterocycles. The molecule has 3 rings (SSSR count). The lowest BCUT2D eigenvalue weighted by atomic mass is 10.2. The molecule has 3 heterocycles. The average molecular weight is 340 g/mol. The summed E-state index contributed by atoms with van der Waals surface area (Å²) in [5, 5.41) is 3.28. The lowest BCUT2D eigenvalue weighted by Gasteiger charge is -2.34. The van der Waals surface area contributed by atoms with E-state index in [-0.39, 0.29) is 0 Å². The molecule has 1 fully saturated rings. The van der Waals surface area contributed by atoms with Gasteiger partial charge in [0, 0.05) is 68.8 Å². The van der Waals surface area contributed by atoms with Crippen LogP contribution in [0.5, 0.6) is 0 Å². The molecule has 1 saturated heterocycles. The molecule has 0 amide bonds. The molecule has 2 aromatic rings.